The van der Waals surface area contributed by atoms with Gasteiger partial charge in [-0.15, -0.1) is 0 Å². The van der Waals surface area contributed by atoms with Crippen molar-refractivity contribution in [3.8, 4) is 6.07 Å². The molecule has 0 saturated heterocycles. The molecule has 1 atom stereocenters. The summed E-state index contributed by atoms with van der Waals surface area (Å²) in [6, 6.07) is 2.12. The molecular weight excluding hydrogens is 218 g/mol. The number of nitrogens with zero attached hydrogens (tertiary/aromatic N) is 1. The summed E-state index contributed by atoms with van der Waals surface area (Å²) in [5, 5.41) is 9.22. The van der Waals surface area contributed by atoms with Crippen LogP contribution in [0.4, 0.5) is 0 Å². The molecule has 0 aromatic heterocycles. The number of nitriles is 1. The van der Waals surface area contributed by atoms with Gasteiger partial charge >= 0.3 is 0 Å². The van der Waals surface area contributed by atoms with Gasteiger partial charge in [-0.3, -0.25) is 0 Å². The highest BCUT2D eigenvalue weighted by Gasteiger charge is 2.34. The van der Waals surface area contributed by atoms with Gasteiger partial charge in [-0.25, -0.2) is 0 Å². The van der Waals surface area contributed by atoms with Crippen LogP contribution in [0.1, 0.15) is 40.5 Å². The van der Waals surface area contributed by atoms with Crippen LogP contribution < -0.4 is 0 Å². The third-order valence-electron chi connectivity index (χ3n) is 2.46. The van der Waals surface area contributed by atoms with Gasteiger partial charge < -0.3 is 14.3 Å². The second-order valence-corrected chi connectivity index (χ2v) is 4.53. The van der Waals surface area contributed by atoms with E-state index in [4.69, 9.17) is 9.47 Å². The van der Waals surface area contributed by atoms with Crippen molar-refractivity contribution in [2.45, 2.75) is 46.8 Å². The summed E-state index contributed by atoms with van der Waals surface area (Å²) in [5.41, 5.74) is -0.997. The maximum absolute atomic E-state index is 11.2. The average molecular weight is 241 g/mol. The zero-order chi connectivity index (χ0) is 13.3. The van der Waals surface area contributed by atoms with Crippen molar-refractivity contribution in [3.63, 3.8) is 0 Å². The van der Waals surface area contributed by atoms with Gasteiger partial charge in [0.05, 0.1) is 6.07 Å². The predicted octanol–water partition coefficient (Wildman–Crippen LogP) is 2.53. The molecule has 98 valence electrons. The first-order valence-electron chi connectivity index (χ1n) is 6.14. The van der Waals surface area contributed by atoms with Gasteiger partial charge in [0.2, 0.25) is 0 Å². The van der Waals surface area contributed by atoms with E-state index < -0.39 is 11.7 Å². The van der Waals surface area contributed by atoms with Crippen LogP contribution in [0.25, 0.3) is 0 Å². The maximum atomic E-state index is 11.2. The minimum absolute atomic E-state index is 0.281. The highest BCUT2D eigenvalue weighted by molar-refractivity contribution is 5.63. The van der Waals surface area contributed by atoms with Crippen LogP contribution in [0, 0.1) is 22.7 Å². The zero-order valence-corrected chi connectivity index (χ0v) is 11.2. The van der Waals surface area contributed by atoms with E-state index in [0.29, 0.717) is 26.1 Å². The van der Waals surface area contributed by atoms with E-state index in [1.54, 1.807) is 0 Å². The maximum Gasteiger partial charge on any atom is 0.159 e. The second-order valence-electron chi connectivity index (χ2n) is 4.53. The summed E-state index contributed by atoms with van der Waals surface area (Å²) < 4.78 is 10.8. The lowest BCUT2D eigenvalue weighted by Gasteiger charge is -2.27. The highest BCUT2D eigenvalue weighted by atomic mass is 16.7. The van der Waals surface area contributed by atoms with E-state index in [1.807, 2.05) is 27.7 Å². The first kappa shape index (κ1) is 16.1. The summed E-state index contributed by atoms with van der Waals surface area (Å²) in [4.78, 5) is 11.2. The third kappa shape index (κ3) is 5.81. The van der Waals surface area contributed by atoms with Crippen LogP contribution in [-0.4, -0.2) is 25.8 Å². The normalized spacial score (nSPS) is 14.6. The molecule has 0 radical (unpaired) electrons. The van der Waals surface area contributed by atoms with Crippen LogP contribution >= 0.6 is 0 Å². The molecule has 0 aliphatic heterocycles. The van der Waals surface area contributed by atoms with Crippen molar-refractivity contribution < 1.29 is 14.3 Å². The van der Waals surface area contributed by atoms with Crippen molar-refractivity contribution >= 4 is 6.29 Å². The zero-order valence-electron chi connectivity index (χ0n) is 11.2. The molecule has 0 spiro atoms. The summed E-state index contributed by atoms with van der Waals surface area (Å²) in [6.07, 6.45) is 1.09. The molecule has 0 aliphatic rings. The smallest absolute Gasteiger partial charge is 0.159 e. The van der Waals surface area contributed by atoms with E-state index in [0.717, 1.165) is 6.29 Å². The van der Waals surface area contributed by atoms with Crippen LogP contribution in [-0.2, 0) is 14.3 Å². The van der Waals surface area contributed by atoms with Gasteiger partial charge in [0.15, 0.2) is 6.29 Å². The number of ether oxygens (including phenoxy) is 2. The van der Waals surface area contributed by atoms with Crippen LogP contribution in [0.5, 0.6) is 0 Å². The molecule has 1 unspecified atom stereocenters. The lowest BCUT2D eigenvalue weighted by molar-refractivity contribution is -0.155. The number of aldehydes is 1. The fourth-order valence-corrected chi connectivity index (χ4v) is 1.86. The molecule has 4 nitrogen and oxygen atoms in total. The molecule has 0 saturated carbocycles. The van der Waals surface area contributed by atoms with Crippen molar-refractivity contribution in [1.82, 2.24) is 0 Å². The van der Waals surface area contributed by atoms with Gasteiger partial charge in [0, 0.05) is 19.6 Å². The van der Waals surface area contributed by atoms with Crippen molar-refractivity contribution in [1.29, 1.82) is 5.26 Å². The molecule has 0 heterocycles. The molecule has 0 N–H and O–H groups in total. The third-order valence-corrected chi connectivity index (χ3v) is 2.46. The topological polar surface area (TPSA) is 59.3 Å². The summed E-state index contributed by atoms with van der Waals surface area (Å²) >= 11 is 0. The highest BCUT2D eigenvalue weighted by Crippen LogP contribution is 2.30. The van der Waals surface area contributed by atoms with Gasteiger partial charge in [-0.2, -0.15) is 5.26 Å². The Morgan fingerprint density at radius 2 is 1.76 bits per heavy atom. The molecule has 0 bridgehead atoms. The van der Waals surface area contributed by atoms with Gasteiger partial charge in [-0.05, 0) is 26.2 Å². The molecule has 0 aromatic rings. The number of carbonyl (C=O) groups excluding carboxylic acids is 1. The van der Waals surface area contributed by atoms with E-state index in [2.05, 4.69) is 6.07 Å². The number of carbonyl (C=O) groups is 1. The molecule has 0 aliphatic carbocycles. The largest absolute Gasteiger partial charge is 0.353 e. The quantitative estimate of drug-likeness (QED) is 0.460. The predicted molar refractivity (Wildman–Crippen MR) is 65.2 cm³/mol. The van der Waals surface area contributed by atoms with Crippen molar-refractivity contribution in [3.05, 3.63) is 0 Å². The monoisotopic (exact) mass is 241 g/mol. The van der Waals surface area contributed by atoms with Crippen LogP contribution in [0.3, 0.4) is 0 Å². The SMILES string of the molecule is CCOC(CC(C#N)(C=O)CC(C)C)OCC. The van der Waals surface area contributed by atoms with E-state index in [9.17, 15) is 10.1 Å². The molecule has 0 rings (SSSR count). The Balaban J connectivity index is 4.70. The number of rotatable bonds is 9. The summed E-state index contributed by atoms with van der Waals surface area (Å²) in [6.45, 7) is 8.73. The molecule has 17 heavy (non-hydrogen) atoms. The molecule has 0 aromatic carbocycles. The fraction of sp³-hybridized carbons (Fsp3) is 0.846. The molecule has 0 fully saturated rings. The van der Waals surface area contributed by atoms with E-state index >= 15 is 0 Å². The van der Waals surface area contributed by atoms with E-state index in [-0.39, 0.29) is 5.92 Å². The molecule has 4 heteroatoms. The van der Waals surface area contributed by atoms with E-state index in [1.165, 1.54) is 0 Å². The summed E-state index contributed by atoms with van der Waals surface area (Å²) in [5.74, 6) is 0.281. The Bertz CT molecular complexity index is 254. The van der Waals surface area contributed by atoms with Crippen LogP contribution in [0.15, 0.2) is 0 Å². The minimum atomic E-state index is -0.997. The lowest BCUT2D eigenvalue weighted by Crippen LogP contribution is -2.31. The Labute approximate surface area is 104 Å². The minimum Gasteiger partial charge on any atom is -0.353 e. The molecule has 0 amide bonds. The first-order valence-corrected chi connectivity index (χ1v) is 6.14. The second kappa shape index (κ2) is 8.21. The van der Waals surface area contributed by atoms with Gasteiger partial charge in [-0.1, -0.05) is 13.8 Å². The Hall–Kier alpha value is -0.920. The Morgan fingerprint density at radius 3 is 2.06 bits per heavy atom. The first-order chi connectivity index (χ1) is 8.03. The summed E-state index contributed by atoms with van der Waals surface area (Å²) in [7, 11) is 0. The Morgan fingerprint density at radius 1 is 1.24 bits per heavy atom. The van der Waals surface area contributed by atoms with Crippen molar-refractivity contribution in [2.24, 2.45) is 11.3 Å². The standard InChI is InChI=1S/C13H23NO3/c1-5-16-12(17-6-2)8-13(9-14,10-15)7-11(3)4/h10-12H,5-8H2,1-4H3. The lowest BCUT2D eigenvalue weighted by atomic mass is 9.80. The van der Waals surface area contributed by atoms with Crippen LogP contribution in [0.2, 0.25) is 0 Å². The fourth-order valence-electron chi connectivity index (χ4n) is 1.86. The number of hydrogen-bond acceptors (Lipinski definition) is 4. The number of hydrogen-bond donors (Lipinski definition) is 0. The average Bonchev–Trinajstić information content (AvgIpc) is 2.28. The van der Waals surface area contributed by atoms with Gasteiger partial charge in [0.25, 0.3) is 0 Å². The Kier molecular flexibility index (Phi) is 7.77. The van der Waals surface area contributed by atoms with Crippen molar-refractivity contribution in [2.75, 3.05) is 13.2 Å². The van der Waals surface area contributed by atoms with Gasteiger partial charge in [0.1, 0.15) is 11.7 Å². The molecular formula is C13H23NO3.